The smallest absolute Gasteiger partial charge is 0.0499 e. The van der Waals surface area contributed by atoms with Crippen molar-refractivity contribution in [2.24, 2.45) is 7.05 Å². The molecule has 0 bridgehead atoms. The zero-order valence-electron chi connectivity index (χ0n) is 22.9. The standard InChI is InChI=1S/C21H30N2.4C2H6/c1-6-17(7-2)21-15-18(8-3)20(23(21)5)14-16(4)22-19-12-10-9-11-13-19;4*1-2/h6-8,14-15,19,22H,1,4,9-13H2,2-3,5H3;4*1-2H3/b17-7+,18-8-,20-14+;;;;. The molecule has 1 fully saturated rings. The van der Waals surface area contributed by atoms with E-state index in [2.05, 4.69) is 61.3 Å². The van der Waals surface area contributed by atoms with Gasteiger partial charge >= 0.3 is 0 Å². The maximum Gasteiger partial charge on any atom is 0.0499 e. The number of rotatable bonds is 5. The van der Waals surface area contributed by atoms with E-state index in [-0.39, 0.29) is 0 Å². The maximum absolute atomic E-state index is 4.23. The van der Waals surface area contributed by atoms with Crippen molar-refractivity contribution < 1.29 is 0 Å². The lowest BCUT2D eigenvalue weighted by Crippen LogP contribution is -2.33. The number of allylic oxidation sites excluding steroid dienone is 4. The summed E-state index contributed by atoms with van der Waals surface area (Å²) in [6.45, 7) is 28.3. The highest BCUT2D eigenvalue weighted by molar-refractivity contribution is 5.71. The first-order chi connectivity index (χ1) is 15.1. The van der Waals surface area contributed by atoms with E-state index in [0.29, 0.717) is 6.04 Å². The first kappa shape index (κ1) is 33.7. The average molecular weight is 431 g/mol. The quantitative estimate of drug-likeness (QED) is 0.473. The number of aromatic nitrogens is 1. The monoisotopic (exact) mass is 430 g/mol. The van der Waals surface area contributed by atoms with Crippen LogP contribution in [-0.4, -0.2) is 10.6 Å². The van der Waals surface area contributed by atoms with Gasteiger partial charge in [0.2, 0.25) is 0 Å². The third kappa shape index (κ3) is 11.9. The molecular weight excluding hydrogens is 376 g/mol. The Balaban J connectivity index is -0.000000879. The van der Waals surface area contributed by atoms with Crippen LogP contribution in [0.15, 0.2) is 37.1 Å². The molecule has 1 N–H and O–H groups in total. The second kappa shape index (κ2) is 22.7. The predicted octanol–water partition coefficient (Wildman–Crippen LogP) is 7.74. The molecule has 31 heavy (non-hydrogen) atoms. The van der Waals surface area contributed by atoms with Crippen LogP contribution < -0.4 is 15.9 Å². The Morgan fingerprint density at radius 3 is 1.90 bits per heavy atom. The van der Waals surface area contributed by atoms with Crippen LogP contribution in [-0.2, 0) is 7.05 Å². The second-order valence-corrected chi connectivity index (χ2v) is 6.31. The van der Waals surface area contributed by atoms with E-state index in [1.165, 1.54) is 48.4 Å². The molecular formula is C29H54N2. The molecule has 0 radical (unpaired) electrons. The first-order valence-corrected chi connectivity index (χ1v) is 12.7. The minimum Gasteiger partial charge on any atom is -0.383 e. The number of nitrogens with one attached hydrogen (secondary N) is 1. The van der Waals surface area contributed by atoms with Crippen molar-refractivity contribution >= 4 is 17.7 Å². The zero-order chi connectivity index (χ0) is 24.8. The van der Waals surface area contributed by atoms with Crippen molar-refractivity contribution in [3.63, 3.8) is 0 Å². The Bertz CT molecular complexity index is 711. The van der Waals surface area contributed by atoms with Crippen LogP contribution in [0, 0.1) is 0 Å². The lowest BCUT2D eigenvalue weighted by atomic mass is 9.95. The Labute approximate surface area is 195 Å². The molecule has 0 aromatic carbocycles. The van der Waals surface area contributed by atoms with Gasteiger partial charge in [-0.1, -0.05) is 106 Å². The van der Waals surface area contributed by atoms with Gasteiger partial charge in [-0.05, 0) is 49.6 Å². The van der Waals surface area contributed by atoms with Gasteiger partial charge in [0.1, 0.15) is 0 Å². The van der Waals surface area contributed by atoms with E-state index < -0.39 is 0 Å². The molecule has 1 aliphatic rings. The molecule has 2 rings (SSSR count). The largest absolute Gasteiger partial charge is 0.383 e. The van der Waals surface area contributed by atoms with Gasteiger partial charge in [0.15, 0.2) is 0 Å². The fraction of sp³-hybridized carbons (Fsp3) is 0.586. The Kier molecular flexibility index (Phi) is 24.7. The second-order valence-electron chi connectivity index (χ2n) is 6.31. The molecule has 0 atom stereocenters. The SMILES string of the molecule is C=C/C(=C\C)c1cc(=C/C)/c(=C\C(=C)NC2CCCCC2)n1C.CC.CC.CC.CC. The van der Waals surface area contributed by atoms with E-state index in [1.807, 2.05) is 68.4 Å². The summed E-state index contributed by atoms with van der Waals surface area (Å²) in [6.07, 6.45) is 14.9. The molecule has 2 nitrogen and oxygen atoms in total. The summed E-state index contributed by atoms with van der Waals surface area (Å²) in [5.74, 6) is 0. The van der Waals surface area contributed by atoms with Crippen LogP contribution in [0.1, 0.15) is 107 Å². The van der Waals surface area contributed by atoms with Crippen molar-refractivity contribution in [3.05, 3.63) is 53.3 Å². The number of nitrogens with zero attached hydrogens (tertiary/aromatic N) is 1. The van der Waals surface area contributed by atoms with E-state index in [1.54, 1.807) is 0 Å². The van der Waals surface area contributed by atoms with E-state index in [4.69, 9.17) is 0 Å². The Hall–Kier alpha value is -1.96. The van der Waals surface area contributed by atoms with Crippen LogP contribution in [0.25, 0.3) is 17.7 Å². The molecule has 1 saturated carbocycles. The molecule has 0 amide bonds. The molecule has 180 valence electrons. The van der Waals surface area contributed by atoms with E-state index in [0.717, 1.165) is 11.3 Å². The number of hydrogen-bond donors (Lipinski definition) is 1. The molecule has 1 heterocycles. The highest BCUT2D eigenvalue weighted by atomic mass is 15.0. The average Bonchev–Trinajstić information content (AvgIpc) is 3.15. The molecule has 2 heteroatoms. The molecule has 0 aliphatic heterocycles. The van der Waals surface area contributed by atoms with Crippen molar-refractivity contribution in [2.75, 3.05) is 0 Å². The fourth-order valence-electron chi connectivity index (χ4n) is 3.42. The van der Waals surface area contributed by atoms with Crippen LogP contribution >= 0.6 is 0 Å². The van der Waals surface area contributed by atoms with Crippen LogP contribution in [0.2, 0.25) is 0 Å². The summed E-state index contributed by atoms with van der Waals surface area (Å²) in [5.41, 5.74) is 3.35. The predicted molar refractivity (Wildman–Crippen MR) is 148 cm³/mol. The fourth-order valence-corrected chi connectivity index (χ4v) is 3.42. The van der Waals surface area contributed by atoms with Gasteiger partial charge in [0.05, 0.1) is 0 Å². The molecule has 0 saturated heterocycles. The molecule has 1 aromatic heterocycles. The van der Waals surface area contributed by atoms with Gasteiger partial charge < -0.3 is 9.88 Å². The molecule has 1 aliphatic carbocycles. The van der Waals surface area contributed by atoms with Gasteiger partial charge in [-0.25, -0.2) is 0 Å². The first-order valence-electron chi connectivity index (χ1n) is 12.7. The summed E-state index contributed by atoms with van der Waals surface area (Å²) in [5, 5.41) is 6.02. The maximum atomic E-state index is 4.23. The molecule has 0 spiro atoms. The van der Waals surface area contributed by atoms with Gasteiger partial charge in [-0.2, -0.15) is 0 Å². The van der Waals surface area contributed by atoms with Gasteiger partial charge in [-0.15, -0.1) is 0 Å². The Morgan fingerprint density at radius 2 is 1.48 bits per heavy atom. The van der Waals surface area contributed by atoms with E-state index >= 15 is 0 Å². The molecule has 1 aromatic rings. The van der Waals surface area contributed by atoms with Crippen molar-refractivity contribution in [1.82, 2.24) is 9.88 Å². The summed E-state index contributed by atoms with van der Waals surface area (Å²) in [4.78, 5) is 0. The lowest BCUT2D eigenvalue weighted by molar-refractivity contribution is 0.400. The van der Waals surface area contributed by atoms with Gasteiger partial charge in [0, 0.05) is 29.8 Å². The third-order valence-corrected chi connectivity index (χ3v) is 4.75. The topological polar surface area (TPSA) is 17.0 Å². The normalized spacial score (nSPS) is 14.4. The van der Waals surface area contributed by atoms with Crippen LogP contribution in [0.3, 0.4) is 0 Å². The minimum atomic E-state index is 0.584. The number of hydrogen-bond acceptors (Lipinski definition) is 1. The van der Waals surface area contributed by atoms with Crippen molar-refractivity contribution in [3.8, 4) is 0 Å². The van der Waals surface area contributed by atoms with Crippen molar-refractivity contribution in [1.29, 1.82) is 0 Å². The molecule has 0 unspecified atom stereocenters. The van der Waals surface area contributed by atoms with Gasteiger partial charge in [-0.3, -0.25) is 0 Å². The van der Waals surface area contributed by atoms with Gasteiger partial charge in [0.25, 0.3) is 0 Å². The van der Waals surface area contributed by atoms with Crippen molar-refractivity contribution in [2.45, 2.75) is 107 Å². The lowest BCUT2D eigenvalue weighted by Gasteiger charge is -2.23. The Morgan fingerprint density at radius 1 is 0.968 bits per heavy atom. The summed E-state index contributed by atoms with van der Waals surface area (Å²) >= 11 is 0. The highest BCUT2D eigenvalue weighted by Crippen LogP contribution is 2.18. The summed E-state index contributed by atoms with van der Waals surface area (Å²) in [7, 11) is 2.11. The van der Waals surface area contributed by atoms with Crippen LogP contribution in [0.4, 0.5) is 0 Å². The summed E-state index contributed by atoms with van der Waals surface area (Å²) < 4.78 is 2.22. The zero-order valence-corrected chi connectivity index (χ0v) is 22.9. The van der Waals surface area contributed by atoms with E-state index in [9.17, 15) is 0 Å². The van der Waals surface area contributed by atoms with Crippen LogP contribution in [0.5, 0.6) is 0 Å². The third-order valence-electron chi connectivity index (χ3n) is 4.75. The highest BCUT2D eigenvalue weighted by Gasteiger charge is 2.13. The minimum absolute atomic E-state index is 0.584. The summed E-state index contributed by atoms with van der Waals surface area (Å²) in [6, 6.07) is 2.80.